The molecule has 0 spiro atoms. The van der Waals surface area contributed by atoms with Gasteiger partial charge in [-0.2, -0.15) is 0 Å². The van der Waals surface area contributed by atoms with Gasteiger partial charge in [-0.1, -0.05) is 54.6 Å². The van der Waals surface area contributed by atoms with E-state index >= 15 is 0 Å². The van der Waals surface area contributed by atoms with Gasteiger partial charge < -0.3 is 10.4 Å². The molecular weight excluding hydrogens is 296 g/mol. The number of piperidine rings is 1. The number of nitrogens with one attached hydrogen (secondary N) is 1. The number of hydrogen-bond donors (Lipinski definition) is 2. The van der Waals surface area contributed by atoms with Gasteiger partial charge in [0.1, 0.15) is 0 Å². The average Bonchev–Trinajstić information content (AvgIpc) is 2.63. The minimum Gasteiger partial charge on any atom is -0.393 e. The molecule has 128 valence electrons. The summed E-state index contributed by atoms with van der Waals surface area (Å²) in [6, 6.07) is 19.6. The van der Waals surface area contributed by atoms with Crippen molar-refractivity contribution >= 4 is 0 Å². The zero-order chi connectivity index (χ0) is 16.8. The summed E-state index contributed by atoms with van der Waals surface area (Å²) >= 11 is 0. The molecule has 1 unspecified atom stereocenters. The van der Waals surface area contributed by atoms with Crippen LogP contribution in [0.15, 0.2) is 54.6 Å². The quantitative estimate of drug-likeness (QED) is 0.854. The fraction of sp³-hybridized carbons (Fsp3) is 0.429. The van der Waals surface area contributed by atoms with E-state index < -0.39 is 0 Å². The Kier molecular flexibility index (Phi) is 6.02. The van der Waals surface area contributed by atoms with Crippen LogP contribution >= 0.6 is 0 Å². The first-order valence-corrected chi connectivity index (χ1v) is 8.98. The lowest BCUT2D eigenvalue weighted by atomic mass is 10.0. The van der Waals surface area contributed by atoms with Gasteiger partial charge in [0.15, 0.2) is 0 Å². The molecule has 0 saturated carbocycles. The van der Waals surface area contributed by atoms with Gasteiger partial charge in [-0.3, -0.25) is 4.90 Å². The molecule has 1 heterocycles. The Morgan fingerprint density at radius 2 is 1.62 bits per heavy atom. The van der Waals surface area contributed by atoms with Crippen molar-refractivity contribution in [1.82, 2.24) is 10.2 Å². The van der Waals surface area contributed by atoms with Crippen LogP contribution in [0, 0.1) is 0 Å². The van der Waals surface area contributed by atoms with Crippen molar-refractivity contribution in [2.45, 2.75) is 45.0 Å². The predicted octanol–water partition coefficient (Wildman–Crippen LogP) is 3.49. The van der Waals surface area contributed by atoms with E-state index in [1.54, 1.807) is 0 Å². The standard InChI is InChI=1S/C21H28N2O/c1-17(18-7-3-2-4-8-18)22-15-19-9-5-6-10-20(19)16-23-13-11-21(24)12-14-23/h2-10,17,21-22,24H,11-16H2,1H3. The smallest absolute Gasteiger partial charge is 0.0564 e. The molecule has 2 N–H and O–H groups in total. The van der Waals surface area contributed by atoms with E-state index in [1.165, 1.54) is 16.7 Å². The summed E-state index contributed by atoms with van der Waals surface area (Å²) in [7, 11) is 0. The molecule has 0 aliphatic carbocycles. The number of aliphatic hydroxyl groups is 1. The van der Waals surface area contributed by atoms with Crippen LogP contribution in [0.3, 0.4) is 0 Å². The van der Waals surface area contributed by atoms with Crippen LogP contribution in [0.25, 0.3) is 0 Å². The van der Waals surface area contributed by atoms with Crippen LogP contribution in [0.2, 0.25) is 0 Å². The molecule has 2 aromatic carbocycles. The lowest BCUT2D eigenvalue weighted by molar-refractivity contribution is 0.0791. The Morgan fingerprint density at radius 3 is 2.33 bits per heavy atom. The van der Waals surface area contributed by atoms with Gasteiger partial charge in [0.05, 0.1) is 6.10 Å². The van der Waals surface area contributed by atoms with E-state index in [-0.39, 0.29) is 6.10 Å². The van der Waals surface area contributed by atoms with Gasteiger partial charge in [-0.25, -0.2) is 0 Å². The van der Waals surface area contributed by atoms with Crippen molar-refractivity contribution in [3.05, 3.63) is 71.3 Å². The van der Waals surface area contributed by atoms with Crippen LogP contribution in [-0.2, 0) is 13.1 Å². The molecule has 0 amide bonds. The van der Waals surface area contributed by atoms with Gasteiger partial charge in [0, 0.05) is 32.2 Å². The highest BCUT2D eigenvalue weighted by Gasteiger charge is 2.17. The second kappa shape index (κ2) is 8.43. The van der Waals surface area contributed by atoms with Crippen LogP contribution in [0.1, 0.15) is 42.5 Å². The van der Waals surface area contributed by atoms with Crippen LogP contribution < -0.4 is 5.32 Å². The van der Waals surface area contributed by atoms with Crippen molar-refractivity contribution in [2.24, 2.45) is 0 Å². The lowest BCUT2D eigenvalue weighted by Crippen LogP contribution is -2.35. The maximum Gasteiger partial charge on any atom is 0.0564 e. The number of benzene rings is 2. The summed E-state index contributed by atoms with van der Waals surface area (Å²) in [5.74, 6) is 0. The molecule has 1 aliphatic rings. The van der Waals surface area contributed by atoms with Gasteiger partial charge in [-0.15, -0.1) is 0 Å². The molecule has 0 bridgehead atoms. The van der Waals surface area contributed by atoms with Crippen molar-refractivity contribution < 1.29 is 5.11 Å². The number of rotatable bonds is 6. The highest BCUT2D eigenvalue weighted by molar-refractivity contribution is 5.27. The minimum absolute atomic E-state index is 0.107. The zero-order valence-electron chi connectivity index (χ0n) is 14.5. The fourth-order valence-electron chi connectivity index (χ4n) is 3.33. The van der Waals surface area contributed by atoms with E-state index in [0.29, 0.717) is 6.04 Å². The van der Waals surface area contributed by atoms with E-state index in [1.807, 2.05) is 0 Å². The van der Waals surface area contributed by atoms with Crippen LogP contribution in [-0.4, -0.2) is 29.2 Å². The maximum absolute atomic E-state index is 9.66. The monoisotopic (exact) mass is 324 g/mol. The largest absolute Gasteiger partial charge is 0.393 e. The normalized spacial score (nSPS) is 17.8. The van der Waals surface area contributed by atoms with Gasteiger partial charge in [-0.05, 0) is 36.5 Å². The number of hydrogen-bond acceptors (Lipinski definition) is 3. The molecule has 0 radical (unpaired) electrons. The molecule has 1 aliphatic heterocycles. The number of likely N-dealkylation sites (tertiary alicyclic amines) is 1. The third-order valence-corrected chi connectivity index (χ3v) is 4.97. The fourth-order valence-corrected chi connectivity index (χ4v) is 3.33. The Hall–Kier alpha value is -1.68. The zero-order valence-corrected chi connectivity index (χ0v) is 14.5. The van der Waals surface area contributed by atoms with Crippen molar-refractivity contribution in [3.63, 3.8) is 0 Å². The highest BCUT2D eigenvalue weighted by Crippen LogP contribution is 2.18. The molecular formula is C21H28N2O. The highest BCUT2D eigenvalue weighted by atomic mass is 16.3. The molecule has 3 nitrogen and oxygen atoms in total. The van der Waals surface area contributed by atoms with E-state index in [2.05, 4.69) is 71.7 Å². The summed E-state index contributed by atoms with van der Waals surface area (Å²) in [5.41, 5.74) is 4.08. The second-order valence-corrected chi connectivity index (χ2v) is 6.79. The molecule has 1 atom stereocenters. The van der Waals surface area contributed by atoms with Crippen molar-refractivity contribution in [2.75, 3.05) is 13.1 Å². The summed E-state index contributed by atoms with van der Waals surface area (Å²) in [4.78, 5) is 2.45. The predicted molar refractivity (Wildman–Crippen MR) is 98.7 cm³/mol. The third kappa shape index (κ3) is 4.67. The molecule has 1 fully saturated rings. The first kappa shape index (κ1) is 17.2. The van der Waals surface area contributed by atoms with Crippen molar-refractivity contribution in [1.29, 1.82) is 0 Å². The summed E-state index contributed by atoms with van der Waals surface area (Å²) in [6.45, 7) is 6.05. The molecule has 0 aromatic heterocycles. The molecule has 3 heteroatoms. The summed E-state index contributed by atoms with van der Waals surface area (Å²) < 4.78 is 0. The number of aliphatic hydroxyl groups excluding tert-OH is 1. The Bertz CT molecular complexity index is 621. The Morgan fingerprint density at radius 1 is 1.00 bits per heavy atom. The number of nitrogens with zero attached hydrogens (tertiary/aromatic N) is 1. The van der Waals surface area contributed by atoms with E-state index in [9.17, 15) is 5.11 Å². The Balaban J connectivity index is 1.59. The topological polar surface area (TPSA) is 35.5 Å². The molecule has 3 rings (SSSR count). The van der Waals surface area contributed by atoms with E-state index in [4.69, 9.17) is 0 Å². The van der Waals surface area contributed by atoms with Gasteiger partial charge >= 0.3 is 0 Å². The van der Waals surface area contributed by atoms with Crippen LogP contribution in [0.5, 0.6) is 0 Å². The SMILES string of the molecule is CC(NCc1ccccc1CN1CCC(O)CC1)c1ccccc1. The van der Waals surface area contributed by atoms with Crippen molar-refractivity contribution in [3.8, 4) is 0 Å². The first-order valence-electron chi connectivity index (χ1n) is 8.98. The first-order chi connectivity index (χ1) is 11.7. The minimum atomic E-state index is -0.107. The second-order valence-electron chi connectivity index (χ2n) is 6.79. The lowest BCUT2D eigenvalue weighted by Gasteiger charge is -2.30. The molecule has 2 aromatic rings. The summed E-state index contributed by atoms with van der Waals surface area (Å²) in [5, 5.41) is 13.3. The average molecular weight is 324 g/mol. The van der Waals surface area contributed by atoms with Gasteiger partial charge in [0.2, 0.25) is 0 Å². The van der Waals surface area contributed by atoms with E-state index in [0.717, 1.165) is 39.0 Å². The summed E-state index contributed by atoms with van der Waals surface area (Å²) in [6.07, 6.45) is 1.68. The molecule has 24 heavy (non-hydrogen) atoms. The maximum atomic E-state index is 9.66. The van der Waals surface area contributed by atoms with Gasteiger partial charge in [0.25, 0.3) is 0 Å². The Labute approximate surface area is 145 Å². The third-order valence-electron chi connectivity index (χ3n) is 4.97. The van der Waals surface area contributed by atoms with Crippen LogP contribution in [0.4, 0.5) is 0 Å². The molecule has 1 saturated heterocycles.